The topological polar surface area (TPSA) is 193 Å². The van der Waals surface area contributed by atoms with E-state index in [2.05, 4.69) is 5.32 Å². The number of nitrogens with two attached hydrogens (primary N) is 2. The van der Waals surface area contributed by atoms with Crippen LogP contribution in [0.2, 0.25) is 0 Å². The molecule has 13 heteroatoms. The van der Waals surface area contributed by atoms with Crippen molar-refractivity contribution in [1.82, 2.24) is 10.2 Å². The van der Waals surface area contributed by atoms with Gasteiger partial charge in [0, 0.05) is 45.3 Å². The fraction of sp³-hybridized carbons (Fsp3) is 0.680. The summed E-state index contributed by atoms with van der Waals surface area (Å²) in [4.78, 5) is 47.1. The fourth-order valence-electron chi connectivity index (χ4n) is 3.72. The second-order valence-corrected chi connectivity index (χ2v) is 8.99. The molecule has 6 N–H and O–H groups in total. The van der Waals surface area contributed by atoms with Crippen LogP contribution in [-0.2, 0) is 38.1 Å². The number of hydrogen-bond acceptors (Lipinski definition) is 10. The second-order valence-electron chi connectivity index (χ2n) is 8.99. The van der Waals surface area contributed by atoms with E-state index in [-0.39, 0.29) is 62.5 Å². The number of amides is 2. The first-order valence-electron chi connectivity index (χ1n) is 12.5. The Bertz CT molecular complexity index is 836. The number of nitrogens with zero attached hydrogens (tertiary/aromatic N) is 1. The van der Waals surface area contributed by atoms with Crippen molar-refractivity contribution >= 4 is 23.6 Å². The van der Waals surface area contributed by atoms with Crippen LogP contribution in [0.5, 0.6) is 0 Å². The van der Waals surface area contributed by atoms with Crippen molar-refractivity contribution in [3.63, 3.8) is 0 Å². The largest absolute Gasteiger partial charge is 0.480 e. The number of hydrogen-bond donors (Lipinski definition) is 4. The number of nitrogens with one attached hydrogen (secondary N) is 1. The highest BCUT2D eigenvalue weighted by Gasteiger charge is 2.38. The predicted octanol–water partition coefficient (Wildman–Crippen LogP) is -0.114. The van der Waals surface area contributed by atoms with Crippen LogP contribution >= 0.6 is 0 Å². The summed E-state index contributed by atoms with van der Waals surface area (Å²) in [6.45, 7) is 4.11. The molecule has 0 saturated carbocycles. The third kappa shape index (κ3) is 12.2. The minimum atomic E-state index is -1.26. The highest BCUT2D eigenvalue weighted by molar-refractivity contribution is 5.88. The van der Waals surface area contributed by atoms with Crippen molar-refractivity contribution in [3.8, 4) is 0 Å². The fourth-order valence-corrected chi connectivity index (χ4v) is 3.72. The molecule has 0 radical (unpaired) electrons. The van der Waals surface area contributed by atoms with Gasteiger partial charge in [0.15, 0.2) is 6.29 Å². The van der Waals surface area contributed by atoms with Gasteiger partial charge in [0.25, 0.3) is 0 Å². The number of carbonyl (C=O) groups excluding carboxylic acids is 3. The lowest BCUT2D eigenvalue weighted by Crippen LogP contribution is -2.47. The van der Waals surface area contributed by atoms with E-state index >= 15 is 0 Å². The molecule has 1 rings (SSSR count). The van der Waals surface area contributed by atoms with Crippen LogP contribution in [0.4, 0.5) is 0 Å². The Labute approximate surface area is 223 Å². The lowest BCUT2D eigenvalue weighted by molar-refractivity contribution is -0.242. The lowest BCUT2D eigenvalue weighted by Gasteiger charge is -2.40. The van der Waals surface area contributed by atoms with E-state index in [1.165, 1.54) is 18.0 Å². The number of carboxylic acid groups (broad SMARTS) is 1. The van der Waals surface area contributed by atoms with Gasteiger partial charge in [-0.25, -0.2) is 0 Å². The van der Waals surface area contributed by atoms with Crippen LogP contribution < -0.4 is 16.8 Å². The van der Waals surface area contributed by atoms with Gasteiger partial charge in [-0.15, -0.1) is 0 Å². The summed E-state index contributed by atoms with van der Waals surface area (Å²) in [5.74, 6) is -2.23. The van der Waals surface area contributed by atoms with Gasteiger partial charge in [-0.05, 0) is 25.5 Å². The van der Waals surface area contributed by atoms with Gasteiger partial charge in [0.2, 0.25) is 11.8 Å². The number of Topliss-reactive ketones (excluding diaryl/α,β-unsaturated/α-hetero) is 1. The SMILES string of the molecule is CC[C@@H]1C(COC/C=C/N(C)C(=O)CC(N)C(C)=O)O[C@@H](OC)C[C@H]1OC/C=C/NC(=O)CC(N)C(=O)O. The van der Waals surface area contributed by atoms with Gasteiger partial charge >= 0.3 is 5.97 Å². The molecule has 1 aliphatic heterocycles. The summed E-state index contributed by atoms with van der Waals surface area (Å²) in [5.41, 5.74) is 11.0. The number of ether oxygens (including phenoxy) is 4. The quantitative estimate of drug-likeness (QED) is 0.179. The predicted molar refractivity (Wildman–Crippen MR) is 137 cm³/mol. The Balaban J connectivity index is 2.53. The molecule has 6 atom stereocenters. The van der Waals surface area contributed by atoms with Crippen LogP contribution in [0.3, 0.4) is 0 Å². The molecule has 216 valence electrons. The van der Waals surface area contributed by atoms with E-state index in [9.17, 15) is 19.2 Å². The van der Waals surface area contributed by atoms with Crippen molar-refractivity contribution < 1.29 is 43.2 Å². The van der Waals surface area contributed by atoms with Crippen LogP contribution in [0.15, 0.2) is 24.6 Å². The second kappa shape index (κ2) is 17.8. The molecule has 1 fully saturated rings. The van der Waals surface area contributed by atoms with Crippen molar-refractivity contribution in [3.05, 3.63) is 24.6 Å². The van der Waals surface area contributed by atoms with Crippen molar-refractivity contribution in [1.29, 1.82) is 0 Å². The van der Waals surface area contributed by atoms with Crippen molar-refractivity contribution in [2.24, 2.45) is 17.4 Å². The van der Waals surface area contributed by atoms with Gasteiger partial charge < -0.3 is 45.7 Å². The highest BCUT2D eigenvalue weighted by atomic mass is 16.7. The Morgan fingerprint density at radius 3 is 2.47 bits per heavy atom. The molecule has 0 bridgehead atoms. The molecule has 1 saturated heterocycles. The number of rotatable bonds is 17. The zero-order chi connectivity index (χ0) is 28.7. The first-order chi connectivity index (χ1) is 18.0. The molecule has 0 aromatic heterocycles. The molecule has 0 spiro atoms. The zero-order valence-corrected chi connectivity index (χ0v) is 22.5. The van der Waals surface area contributed by atoms with E-state index in [4.69, 9.17) is 35.5 Å². The third-order valence-corrected chi connectivity index (χ3v) is 6.07. The number of carboxylic acids is 1. The maximum Gasteiger partial charge on any atom is 0.321 e. The molecule has 2 amide bonds. The van der Waals surface area contributed by atoms with E-state index in [1.807, 2.05) is 6.92 Å². The molecule has 1 aliphatic rings. The van der Waals surface area contributed by atoms with Crippen LogP contribution in [0, 0.1) is 5.92 Å². The summed E-state index contributed by atoms with van der Waals surface area (Å²) in [5, 5.41) is 11.2. The molecule has 13 nitrogen and oxygen atoms in total. The molecule has 3 unspecified atom stereocenters. The molecule has 0 aromatic carbocycles. The van der Waals surface area contributed by atoms with Gasteiger partial charge in [-0.2, -0.15) is 0 Å². The van der Waals surface area contributed by atoms with Crippen LogP contribution in [0.1, 0.15) is 39.5 Å². The third-order valence-electron chi connectivity index (χ3n) is 6.07. The van der Waals surface area contributed by atoms with Crippen LogP contribution in [0.25, 0.3) is 0 Å². The van der Waals surface area contributed by atoms with Gasteiger partial charge in [0.05, 0.1) is 44.5 Å². The van der Waals surface area contributed by atoms with Crippen molar-refractivity contribution in [2.75, 3.05) is 34.0 Å². The zero-order valence-electron chi connectivity index (χ0n) is 22.5. The molecule has 0 aliphatic carbocycles. The maximum absolute atomic E-state index is 12.1. The van der Waals surface area contributed by atoms with E-state index in [1.54, 1.807) is 32.5 Å². The van der Waals surface area contributed by atoms with E-state index in [0.29, 0.717) is 6.42 Å². The first kappa shape index (κ1) is 33.3. The summed E-state index contributed by atoms with van der Waals surface area (Å²) in [7, 11) is 3.13. The van der Waals surface area contributed by atoms with Crippen LogP contribution in [-0.4, -0.2) is 98.1 Å². The standard InChI is InChI=1S/C25H42N4O9/c1-5-17-20(37-11-6-8-28-22(31)12-19(27)25(33)34)14-24(35-4)38-21(17)15-36-10-7-9-29(3)23(32)13-18(26)16(2)30/h6-9,17-21,24H,5,10-15,26-27H2,1-4H3,(H,28,31)(H,33,34)/b8-6+,9-7+/t17-,18?,19?,20+,21?,24+/m0/s1. The molecule has 0 aromatic rings. The smallest absolute Gasteiger partial charge is 0.321 e. The van der Waals surface area contributed by atoms with Gasteiger partial charge in [-0.1, -0.05) is 6.92 Å². The number of carbonyl (C=O) groups is 4. The van der Waals surface area contributed by atoms with Crippen molar-refractivity contribution in [2.45, 2.75) is 70.1 Å². The summed E-state index contributed by atoms with van der Waals surface area (Å²) < 4.78 is 23.2. The maximum atomic E-state index is 12.1. The monoisotopic (exact) mass is 542 g/mol. The first-order valence-corrected chi connectivity index (χ1v) is 12.5. The van der Waals surface area contributed by atoms with Gasteiger partial charge in [0.1, 0.15) is 11.8 Å². The Kier molecular flexibility index (Phi) is 15.6. The molecular weight excluding hydrogens is 500 g/mol. The minimum absolute atomic E-state index is 0.0271. The molecule has 38 heavy (non-hydrogen) atoms. The Morgan fingerprint density at radius 1 is 1.16 bits per heavy atom. The van der Waals surface area contributed by atoms with E-state index in [0.717, 1.165) is 6.42 Å². The highest BCUT2D eigenvalue weighted by Crippen LogP contribution is 2.31. The minimum Gasteiger partial charge on any atom is -0.480 e. The number of ketones is 1. The molecular formula is C25H42N4O9. The lowest BCUT2D eigenvalue weighted by atomic mass is 9.88. The number of aliphatic carboxylic acids is 1. The molecule has 1 heterocycles. The van der Waals surface area contributed by atoms with E-state index < -0.39 is 30.3 Å². The van der Waals surface area contributed by atoms with Gasteiger partial charge in [-0.3, -0.25) is 19.2 Å². The Hall–Kier alpha value is -2.68. The Morgan fingerprint density at radius 2 is 1.87 bits per heavy atom. The summed E-state index contributed by atoms with van der Waals surface area (Å²) in [6, 6.07) is -2.07. The summed E-state index contributed by atoms with van der Waals surface area (Å²) in [6.07, 6.45) is 6.23. The number of methoxy groups -OCH3 is 1. The summed E-state index contributed by atoms with van der Waals surface area (Å²) >= 11 is 0. The normalized spacial score (nSPS) is 23.3. The average molecular weight is 543 g/mol. The average Bonchev–Trinajstić information content (AvgIpc) is 2.87.